The smallest absolute Gasteiger partial charge is 0.228 e. The van der Waals surface area contributed by atoms with Gasteiger partial charge < -0.3 is 10.2 Å². The molecule has 92 valence electrons. The molecule has 0 spiro atoms. The highest BCUT2D eigenvalue weighted by molar-refractivity contribution is 9.10. The van der Waals surface area contributed by atoms with Crippen LogP contribution in [0.3, 0.4) is 0 Å². The number of carbonyl (C=O) groups is 1. The maximum absolute atomic E-state index is 12.1. The van der Waals surface area contributed by atoms with Gasteiger partial charge in [0.2, 0.25) is 5.91 Å². The number of nitrogens with one attached hydrogen (secondary N) is 1. The third-order valence-electron chi connectivity index (χ3n) is 3.09. The monoisotopic (exact) mass is 296 g/mol. The Balaban J connectivity index is 1.96. The molecule has 2 rings (SSSR count). The molecule has 1 aliphatic rings. The van der Waals surface area contributed by atoms with Crippen LogP contribution in [0.25, 0.3) is 0 Å². The molecule has 0 aliphatic carbocycles. The zero-order valence-corrected chi connectivity index (χ0v) is 11.5. The predicted molar refractivity (Wildman–Crippen MR) is 73.0 cm³/mol. The van der Waals surface area contributed by atoms with E-state index in [4.69, 9.17) is 0 Å². The molecule has 1 aliphatic heterocycles. The highest BCUT2D eigenvalue weighted by Gasteiger charge is 2.23. The van der Waals surface area contributed by atoms with E-state index >= 15 is 0 Å². The molecule has 1 fully saturated rings. The molecule has 0 unspecified atom stereocenters. The van der Waals surface area contributed by atoms with E-state index in [1.807, 2.05) is 24.3 Å². The van der Waals surface area contributed by atoms with E-state index in [1.165, 1.54) is 0 Å². The molecule has 1 atom stereocenters. The maximum atomic E-state index is 12.1. The fourth-order valence-electron chi connectivity index (χ4n) is 2.19. The third kappa shape index (κ3) is 3.54. The van der Waals surface area contributed by atoms with Gasteiger partial charge in [0.05, 0.1) is 5.92 Å². The molecule has 0 radical (unpaired) electrons. The summed E-state index contributed by atoms with van der Waals surface area (Å²) in [5.74, 6) is 0.252. The number of hydrogen-bond acceptors (Lipinski definition) is 2. The highest BCUT2D eigenvalue weighted by Crippen LogP contribution is 2.19. The summed E-state index contributed by atoms with van der Waals surface area (Å²) in [6, 6.07) is 7.70. The van der Waals surface area contributed by atoms with Crippen molar-refractivity contribution in [2.24, 2.45) is 5.92 Å². The van der Waals surface area contributed by atoms with Crippen molar-refractivity contribution in [3.8, 4) is 0 Å². The number of amides is 1. The molecular formula is C13H17BrN2O. The molecular weight excluding hydrogens is 280 g/mol. The van der Waals surface area contributed by atoms with Crippen molar-refractivity contribution in [1.82, 2.24) is 4.90 Å². The van der Waals surface area contributed by atoms with Crippen LogP contribution >= 0.6 is 15.9 Å². The van der Waals surface area contributed by atoms with Gasteiger partial charge in [-0.3, -0.25) is 4.79 Å². The van der Waals surface area contributed by atoms with E-state index < -0.39 is 0 Å². The van der Waals surface area contributed by atoms with Gasteiger partial charge in [-0.15, -0.1) is 0 Å². The van der Waals surface area contributed by atoms with E-state index in [1.54, 1.807) is 0 Å². The molecule has 0 saturated carbocycles. The van der Waals surface area contributed by atoms with E-state index in [9.17, 15) is 4.79 Å². The lowest BCUT2D eigenvalue weighted by molar-refractivity contribution is -0.121. The normalized spacial score (nSPS) is 21.2. The van der Waals surface area contributed by atoms with Crippen LogP contribution in [-0.2, 0) is 4.79 Å². The van der Waals surface area contributed by atoms with Crippen LogP contribution in [0.2, 0.25) is 0 Å². The quantitative estimate of drug-likeness (QED) is 0.910. The van der Waals surface area contributed by atoms with Crippen LogP contribution in [0.1, 0.15) is 12.8 Å². The first-order valence-electron chi connectivity index (χ1n) is 5.90. The summed E-state index contributed by atoms with van der Waals surface area (Å²) in [6.45, 7) is 1.96. The summed E-state index contributed by atoms with van der Waals surface area (Å²) >= 11 is 3.40. The number of likely N-dealkylation sites (tertiary alicyclic amines) is 1. The van der Waals surface area contributed by atoms with Crippen LogP contribution in [0, 0.1) is 5.92 Å². The summed E-state index contributed by atoms with van der Waals surface area (Å²) in [5.41, 5.74) is 0.859. The molecule has 1 heterocycles. The Kier molecular flexibility index (Phi) is 4.18. The summed E-state index contributed by atoms with van der Waals surface area (Å²) in [6.07, 6.45) is 2.09. The van der Waals surface area contributed by atoms with Gasteiger partial charge in [0.25, 0.3) is 0 Å². The lowest BCUT2D eigenvalue weighted by Crippen LogP contribution is -2.38. The number of halogens is 1. The first-order chi connectivity index (χ1) is 8.15. The minimum atomic E-state index is 0.118. The average molecular weight is 297 g/mol. The number of piperidine rings is 1. The van der Waals surface area contributed by atoms with Crippen molar-refractivity contribution >= 4 is 27.5 Å². The van der Waals surface area contributed by atoms with Gasteiger partial charge in [-0.25, -0.2) is 0 Å². The van der Waals surface area contributed by atoms with Crippen LogP contribution in [0.5, 0.6) is 0 Å². The average Bonchev–Trinajstić information content (AvgIpc) is 2.29. The maximum Gasteiger partial charge on any atom is 0.228 e. The number of benzene rings is 1. The van der Waals surface area contributed by atoms with Crippen LogP contribution < -0.4 is 5.32 Å². The molecule has 1 amide bonds. The fraction of sp³-hybridized carbons (Fsp3) is 0.462. The standard InChI is InChI=1S/C13H17BrN2O/c1-16-7-3-4-10(9-16)13(17)15-12-6-2-5-11(14)8-12/h2,5-6,8,10H,3-4,7,9H2,1H3,(H,15,17)/t10-/m1/s1. The molecule has 0 bridgehead atoms. The van der Waals surface area contributed by atoms with E-state index in [0.717, 1.165) is 36.1 Å². The van der Waals surface area contributed by atoms with E-state index in [0.29, 0.717) is 0 Å². The fourth-order valence-corrected chi connectivity index (χ4v) is 2.59. The topological polar surface area (TPSA) is 32.3 Å². The number of anilines is 1. The van der Waals surface area contributed by atoms with Gasteiger partial charge in [0.15, 0.2) is 0 Å². The number of rotatable bonds is 2. The van der Waals surface area contributed by atoms with Crippen LogP contribution in [0.4, 0.5) is 5.69 Å². The van der Waals surface area contributed by atoms with Gasteiger partial charge in [0, 0.05) is 16.7 Å². The lowest BCUT2D eigenvalue weighted by atomic mass is 9.97. The van der Waals surface area contributed by atoms with Crippen molar-refractivity contribution in [2.75, 3.05) is 25.5 Å². The predicted octanol–water partition coefficient (Wildman–Crippen LogP) is 2.73. The first kappa shape index (κ1) is 12.6. The molecule has 3 nitrogen and oxygen atoms in total. The van der Waals surface area contributed by atoms with Gasteiger partial charge in [-0.1, -0.05) is 22.0 Å². The van der Waals surface area contributed by atoms with Crippen molar-refractivity contribution in [3.63, 3.8) is 0 Å². The first-order valence-corrected chi connectivity index (χ1v) is 6.69. The van der Waals surface area contributed by atoms with Crippen molar-refractivity contribution < 1.29 is 4.79 Å². The Bertz CT molecular complexity index is 408. The second kappa shape index (κ2) is 5.65. The van der Waals surface area contributed by atoms with Crippen molar-refractivity contribution in [3.05, 3.63) is 28.7 Å². The van der Waals surface area contributed by atoms with Crippen LogP contribution in [0.15, 0.2) is 28.7 Å². The van der Waals surface area contributed by atoms with Crippen molar-refractivity contribution in [2.45, 2.75) is 12.8 Å². The summed E-state index contributed by atoms with van der Waals surface area (Å²) in [7, 11) is 2.07. The summed E-state index contributed by atoms with van der Waals surface area (Å²) in [5, 5.41) is 2.98. The Labute approximate surface area is 110 Å². The minimum Gasteiger partial charge on any atom is -0.326 e. The Morgan fingerprint density at radius 3 is 3.06 bits per heavy atom. The molecule has 17 heavy (non-hydrogen) atoms. The van der Waals surface area contributed by atoms with Gasteiger partial charge in [0.1, 0.15) is 0 Å². The number of carbonyl (C=O) groups excluding carboxylic acids is 1. The summed E-state index contributed by atoms with van der Waals surface area (Å²) < 4.78 is 0.982. The van der Waals surface area contributed by atoms with E-state index in [2.05, 4.69) is 33.2 Å². The zero-order valence-electron chi connectivity index (χ0n) is 9.95. The second-order valence-electron chi connectivity index (χ2n) is 4.60. The second-order valence-corrected chi connectivity index (χ2v) is 5.52. The molecule has 1 N–H and O–H groups in total. The number of hydrogen-bond donors (Lipinski definition) is 1. The van der Waals surface area contributed by atoms with Crippen LogP contribution in [-0.4, -0.2) is 30.9 Å². The number of nitrogens with zero attached hydrogens (tertiary/aromatic N) is 1. The molecule has 1 saturated heterocycles. The highest BCUT2D eigenvalue weighted by atomic mass is 79.9. The molecule has 1 aromatic carbocycles. The molecule has 4 heteroatoms. The lowest BCUT2D eigenvalue weighted by Gasteiger charge is -2.28. The Morgan fingerprint density at radius 2 is 2.35 bits per heavy atom. The minimum absolute atomic E-state index is 0.118. The Morgan fingerprint density at radius 1 is 1.53 bits per heavy atom. The summed E-state index contributed by atoms with van der Waals surface area (Å²) in [4.78, 5) is 14.3. The molecule has 1 aromatic rings. The van der Waals surface area contributed by atoms with Crippen molar-refractivity contribution in [1.29, 1.82) is 0 Å². The zero-order chi connectivity index (χ0) is 12.3. The third-order valence-corrected chi connectivity index (χ3v) is 3.58. The SMILES string of the molecule is CN1CCC[C@@H](C(=O)Nc2cccc(Br)c2)C1. The largest absolute Gasteiger partial charge is 0.326 e. The molecule has 0 aromatic heterocycles. The van der Waals surface area contributed by atoms with E-state index in [-0.39, 0.29) is 11.8 Å². The van der Waals surface area contributed by atoms with Gasteiger partial charge in [-0.05, 0) is 44.6 Å². The Hall–Kier alpha value is -0.870. The van der Waals surface area contributed by atoms with Gasteiger partial charge >= 0.3 is 0 Å². The van der Waals surface area contributed by atoms with Gasteiger partial charge in [-0.2, -0.15) is 0 Å².